The lowest BCUT2D eigenvalue weighted by atomic mass is 10.1. The number of anilines is 1. The molecule has 2 saturated heterocycles. The Kier molecular flexibility index (Phi) is 2.56. The average molecular weight is 246 g/mol. The summed E-state index contributed by atoms with van der Waals surface area (Å²) in [6, 6.07) is 7.26. The van der Waals surface area contributed by atoms with E-state index in [1.807, 2.05) is 18.2 Å². The molecular formula is C13H14N2O3. The van der Waals surface area contributed by atoms with E-state index < -0.39 is 12.2 Å². The third-order valence-electron chi connectivity index (χ3n) is 3.49. The summed E-state index contributed by atoms with van der Waals surface area (Å²) in [5, 5.41) is 0. The number of para-hydroxylation sites is 1. The van der Waals surface area contributed by atoms with E-state index in [1.54, 1.807) is 6.07 Å². The van der Waals surface area contributed by atoms with Gasteiger partial charge in [0.2, 0.25) is 0 Å². The molecule has 0 radical (unpaired) electrons. The summed E-state index contributed by atoms with van der Waals surface area (Å²) in [4.78, 5) is 25.4. The van der Waals surface area contributed by atoms with Gasteiger partial charge in [-0.1, -0.05) is 18.2 Å². The number of imide groups is 1. The number of rotatable bonds is 2. The van der Waals surface area contributed by atoms with Crippen molar-refractivity contribution in [3.8, 4) is 0 Å². The van der Waals surface area contributed by atoms with Crippen LogP contribution >= 0.6 is 0 Å². The van der Waals surface area contributed by atoms with Crippen molar-refractivity contribution in [2.75, 3.05) is 5.73 Å². The molecule has 0 saturated carbocycles. The highest BCUT2D eigenvalue weighted by molar-refractivity contribution is 6.02. The van der Waals surface area contributed by atoms with E-state index >= 15 is 0 Å². The smallest absolute Gasteiger partial charge is 0.258 e. The van der Waals surface area contributed by atoms with E-state index in [4.69, 9.17) is 10.5 Å². The van der Waals surface area contributed by atoms with Gasteiger partial charge < -0.3 is 10.5 Å². The molecule has 2 amide bonds. The fourth-order valence-electron chi connectivity index (χ4n) is 2.46. The Hall–Kier alpha value is -1.88. The number of fused-ring (bicyclic) bond motifs is 2. The minimum absolute atomic E-state index is 0.237. The Labute approximate surface area is 105 Å². The second kappa shape index (κ2) is 4.10. The zero-order valence-corrected chi connectivity index (χ0v) is 9.83. The minimum Gasteiger partial charge on any atom is -0.398 e. The number of hydrogen-bond donors (Lipinski definition) is 1. The van der Waals surface area contributed by atoms with E-state index in [0.717, 1.165) is 5.56 Å². The maximum Gasteiger partial charge on any atom is 0.258 e. The van der Waals surface area contributed by atoms with Gasteiger partial charge in [0.1, 0.15) is 12.2 Å². The first-order valence-corrected chi connectivity index (χ1v) is 6.01. The molecule has 18 heavy (non-hydrogen) atoms. The summed E-state index contributed by atoms with van der Waals surface area (Å²) >= 11 is 0. The maximum absolute atomic E-state index is 12.0. The number of carbonyl (C=O) groups is 2. The molecule has 0 aromatic heterocycles. The van der Waals surface area contributed by atoms with Gasteiger partial charge in [-0.25, -0.2) is 0 Å². The van der Waals surface area contributed by atoms with Crippen LogP contribution in [0.4, 0.5) is 5.69 Å². The van der Waals surface area contributed by atoms with Crippen molar-refractivity contribution in [2.24, 2.45) is 0 Å². The first kappa shape index (κ1) is 11.2. The zero-order valence-electron chi connectivity index (χ0n) is 9.83. The monoisotopic (exact) mass is 246 g/mol. The van der Waals surface area contributed by atoms with Gasteiger partial charge in [-0.2, -0.15) is 0 Å². The largest absolute Gasteiger partial charge is 0.398 e. The summed E-state index contributed by atoms with van der Waals surface area (Å²) in [7, 11) is 0. The molecule has 3 rings (SSSR count). The molecule has 94 valence electrons. The normalized spacial score (nSPS) is 26.8. The topological polar surface area (TPSA) is 72.6 Å². The van der Waals surface area contributed by atoms with Gasteiger partial charge in [0.05, 0.1) is 6.54 Å². The van der Waals surface area contributed by atoms with Crippen LogP contribution in [0.25, 0.3) is 0 Å². The number of morpholine rings is 1. The van der Waals surface area contributed by atoms with Crippen LogP contribution in [0, 0.1) is 0 Å². The molecule has 2 N–H and O–H groups in total. The van der Waals surface area contributed by atoms with Gasteiger partial charge in [0.15, 0.2) is 0 Å². The Morgan fingerprint density at radius 3 is 2.39 bits per heavy atom. The molecule has 0 aliphatic carbocycles. The number of ether oxygens (including phenoxy) is 1. The molecule has 2 atom stereocenters. The molecule has 1 aromatic carbocycles. The van der Waals surface area contributed by atoms with Crippen LogP contribution in [0.15, 0.2) is 24.3 Å². The van der Waals surface area contributed by atoms with Crippen molar-refractivity contribution in [1.29, 1.82) is 0 Å². The average Bonchev–Trinajstić information content (AvgIpc) is 2.81. The first-order chi connectivity index (χ1) is 8.66. The fraction of sp³-hybridized carbons (Fsp3) is 0.385. The van der Waals surface area contributed by atoms with Crippen LogP contribution < -0.4 is 5.73 Å². The molecule has 2 unspecified atom stereocenters. The number of nitrogens with zero attached hydrogens (tertiary/aromatic N) is 1. The summed E-state index contributed by atoms with van der Waals surface area (Å²) < 4.78 is 5.35. The number of hydrogen-bond acceptors (Lipinski definition) is 4. The Morgan fingerprint density at radius 1 is 1.17 bits per heavy atom. The van der Waals surface area contributed by atoms with Crippen LogP contribution in [0.3, 0.4) is 0 Å². The van der Waals surface area contributed by atoms with Crippen molar-refractivity contribution < 1.29 is 14.3 Å². The summed E-state index contributed by atoms with van der Waals surface area (Å²) in [5.41, 5.74) is 7.22. The van der Waals surface area contributed by atoms with Gasteiger partial charge >= 0.3 is 0 Å². The van der Waals surface area contributed by atoms with Crippen molar-refractivity contribution in [1.82, 2.24) is 4.90 Å². The van der Waals surface area contributed by atoms with Crippen LogP contribution in [0.1, 0.15) is 18.4 Å². The molecule has 2 heterocycles. The molecule has 0 spiro atoms. The molecule has 2 aliphatic heterocycles. The Morgan fingerprint density at radius 2 is 1.78 bits per heavy atom. The van der Waals surface area contributed by atoms with Crippen molar-refractivity contribution >= 4 is 17.5 Å². The van der Waals surface area contributed by atoms with Crippen LogP contribution in [-0.4, -0.2) is 28.9 Å². The molecular weight excluding hydrogens is 232 g/mol. The quantitative estimate of drug-likeness (QED) is 0.615. The molecule has 2 bridgehead atoms. The third kappa shape index (κ3) is 1.67. The highest BCUT2D eigenvalue weighted by Gasteiger charge is 2.46. The standard InChI is InChI=1S/C13H14N2O3/c14-9-4-2-1-3-8(9)7-15-12(16)10-5-6-11(18-10)13(15)17/h1-4,10-11H,5-7,14H2. The molecule has 1 aromatic rings. The summed E-state index contributed by atoms with van der Waals surface area (Å²) in [6.45, 7) is 0.237. The highest BCUT2D eigenvalue weighted by atomic mass is 16.5. The van der Waals surface area contributed by atoms with Crippen LogP contribution in [-0.2, 0) is 20.9 Å². The summed E-state index contributed by atoms with van der Waals surface area (Å²) in [6.07, 6.45) is 0.377. The Bertz CT molecular complexity index is 493. The highest BCUT2D eigenvalue weighted by Crippen LogP contribution is 2.29. The fourth-order valence-corrected chi connectivity index (χ4v) is 2.46. The van der Waals surface area contributed by atoms with Gasteiger partial charge in [-0.3, -0.25) is 14.5 Å². The number of nitrogen functional groups attached to an aromatic ring is 1. The van der Waals surface area contributed by atoms with Crippen LogP contribution in [0.5, 0.6) is 0 Å². The van der Waals surface area contributed by atoms with E-state index in [9.17, 15) is 9.59 Å². The SMILES string of the molecule is Nc1ccccc1CN1C(=O)C2CCC(O2)C1=O. The molecule has 2 fully saturated rings. The second-order valence-electron chi connectivity index (χ2n) is 4.65. The molecule has 5 nitrogen and oxygen atoms in total. The van der Waals surface area contributed by atoms with Gasteiger partial charge in [-0.05, 0) is 24.5 Å². The second-order valence-corrected chi connectivity index (χ2v) is 4.65. The van der Waals surface area contributed by atoms with Crippen molar-refractivity contribution in [3.05, 3.63) is 29.8 Å². The van der Waals surface area contributed by atoms with Crippen molar-refractivity contribution in [3.63, 3.8) is 0 Å². The minimum atomic E-state index is -0.447. The maximum atomic E-state index is 12.0. The van der Waals surface area contributed by atoms with E-state index in [2.05, 4.69) is 0 Å². The van der Waals surface area contributed by atoms with Gasteiger partial charge in [0.25, 0.3) is 11.8 Å². The number of benzene rings is 1. The van der Waals surface area contributed by atoms with Crippen LogP contribution in [0.2, 0.25) is 0 Å². The number of amides is 2. The Balaban J connectivity index is 1.86. The van der Waals surface area contributed by atoms with E-state index in [-0.39, 0.29) is 18.4 Å². The lowest BCUT2D eigenvalue weighted by molar-refractivity contribution is -0.169. The van der Waals surface area contributed by atoms with E-state index in [0.29, 0.717) is 18.5 Å². The molecule has 5 heteroatoms. The summed E-state index contributed by atoms with van der Waals surface area (Å²) in [5.74, 6) is -0.478. The van der Waals surface area contributed by atoms with Gasteiger partial charge in [-0.15, -0.1) is 0 Å². The first-order valence-electron chi connectivity index (χ1n) is 6.01. The number of carbonyl (C=O) groups excluding carboxylic acids is 2. The lowest BCUT2D eigenvalue weighted by Crippen LogP contribution is -2.51. The van der Waals surface area contributed by atoms with Crippen molar-refractivity contribution in [2.45, 2.75) is 31.6 Å². The van der Waals surface area contributed by atoms with E-state index in [1.165, 1.54) is 4.90 Å². The number of likely N-dealkylation sites (tertiary alicyclic amines) is 1. The number of nitrogens with two attached hydrogens (primary N) is 1. The third-order valence-corrected chi connectivity index (χ3v) is 3.49. The van der Waals surface area contributed by atoms with Gasteiger partial charge in [0, 0.05) is 5.69 Å². The molecule has 2 aliphatic rings. The lowest BCUT2D eigenvalue weighted by Gasteiger charge is -2.30. The predicted octanol–water partition coefficient (Wildman–Crippen LogP) is 0.685. The predicted molar refractivity (Wildman–Crippen MR) is 64.3 cm³/mol. The zero-order chi connectivity index (χ0) is 12.7.